The minimum absolute atomic E-state index is 0.0741. The SMILES string of the molecule is CC(=O)c1c(C)[nH]c(C(=O)[C@@H](C)OC(=O)CCn2c(=O)oc3ccccc32)c1C. The van der Waals surface area contributed by atoms with Crippen molar-refractivity contribution in [1.29, 1.82) is 0 Å². The number of nitrogens with zero attached hydrogens (tertiary/aromatic N) is 1. The van der Waals surface area contributed by atoms with Crippen LogP contribution in [0.1, 0.15) is 52.4 Å². The highest BCUT2D eigenvalue weighted by molar-refractivity contribution is 6.05. The molecule has 0 spiro atoms. The first-order chi connectivity index (χ1) is 13.7. The van der Waals surface area contributed by atoms with Gasteiger partial charge < -0.3 is 14.1 Å². The smallest absolute Gasteiger partial charge is 0.419 e. The van der Waals surface area contributed by atoms with Crippen molar-refractivity contribution in [2.24, 2.45) is 0 Å². The van der Waals surface area contributed by atoms with Gasteiger partial charge in [0.25, 0.3) is 0 Å². The van der Waals surface area contributed by atoms with Crippen molar-refractivity contribution >= 4 is 28.6 Å². The molecule has 2 aromatic heterocycles. The van der Waals surface area contributed by atoms with Gasteiger partial charge in [-0.05, 0) is 45.4 Å². The number of H-pyrrole nitrogens is 1. The van der Waals surface area contributed by atoms with Crippen LogP contribution >= 0.6 is 0 Å². The second-order valence-electron chi connectivity index (χ2n) is 6.91. The summed E-state index contributed by atoms with van der Waals surface area (Å²) >= 11 is 0. The number of ether oxygens (including phenoxy) is 1. The van der Waals surface area contributed by atoms with Crippen LogP contribution in [0.4, 0.5) is 0 Å². The predicted molar refractivity (Wildman–Crippen MR) is 105 cm³/mol. The molecule has 3 aromatic rings. The number of aryl methyl sites for hydroxylation is 2. The van der Waals surface area contributed by atoms with Crippen molar-refractivity contribution in [3.63, 3.8) is 0 Å². The lowest BCUT2D eigenvalue weighted by Crippen LogP contribution is -2.26. The minimum Gasteiger partial charge on any atom is -0.454 e. The lowest BCUT2D eigenvalue weighted by molar-refractivity contribution is -0.146. The zero-order valence-corrected chi connectivity index (χ0v) is 16.7. The third kappa shape index (κ3) is 3.91. The zero-order valence-electron chi connectivity index (χ0n) is 16.7. The molecule has 0 fully saturated rings. The Labute approximate surface area is 166 Å². The molecule has 0 amide bonds. The van der Waals surface area contributed by atoms with Crippen LogP contribution < -0.4 is 5.76 Å². The van der Waals surface area contributed by atoms with E-state index in [1.54, 1.807) is 38.1 Å². The van der Waals surface area contributed by atoms with Crippen LogP contribution in [0.25, 0.3) is 11.1 Å². The minimum atomic E-state index is -1.03. The van der Waals surface area contributed by atoms with E-state index in [-0.39, 0.29) is 24.4 Å². The Kier molecular flexibility index (Phi) is 5.54. The third-order valence-corrected chi connectivity index (χ3v) is 4.83. The van der Waals surface area contributed by atoms with E-state index in [2.05, 4.69) is 4.98 Å². The summed E-state index contributed by atoms with van der Waals surface area (Å²) in [5.74, 6) is -1.73. The topological polar surface area (TPSA) is 111 Å². The van der Waals surface area contributed by atoms with E-state index in [0.29, 0.717) is 27.9 Å². The van der Waals surface area contributed by atoms with Gasteiger partial charge in [-0.15, -0.1) is 0 Å². The second kappa shape index (κ2) is 7.90. The van der Waals surface area contributed by atoms with Crippen LogP contribution in [0.5, 0.6) is 0 Å². The maximum Gasteiger partial charge on any atom is 0.419 e. The summed E-state index contributed by atoms with van der Waals surface area (Å²) in [4.78, 5) is 51.5. The normalized spacial score (nSPS) is 12.1. The number of hydrogen-bond acceptors (Lipinski definition) is 6. The molecule has 0 bridgehead atoms. The van der Waals surface area contributed by atoms with E-state index in [4.69, 9.17) is 9.15 Å². The average molecular weight is 398 g/mol. The second-order valence-corrected chi connectivity index (χ2v) is 6.91. The highest BCUT2D eigenvalue weighted by Gasteiger charge is 2.26. The van der Waals surface area contributed by atoms with Gasteiger partial charge in [0, 0.05) is 17.8 Å². The molecule has 2 heterocycles. The van der Waals surface area contributed by atoms with E-state index in [1.165, 1.54) is 18.4 Å². The number of ketones is 2. The van der Waals surface area contributed by atoms with Gasteiger partial charge in [-0.2, -0.15) is 0 Å². The molecule has 0 unspecified atom stereocenters. The first-order valence-electron chi connectivity index (χ1n) is 9.22. The molecular weight excluding hydrogens is 376 g/mol. The Morgan fingerprint density at radius 3 is 2.55 bits per heavy atom. The zero-order chi connectivity index (χ0) is 21.3. The van der Waals surface area contributed by atoms with Gasteiger partial charge in [-0.25, -0.2) is 4.79 Å². The lowest BCUT2D eigenvalue weighted by Gasteiger charge is -2.12. The fraction of sp³-hybridized carbons (Fsp3) is 0.333. The Morgan fingerprint density at radius 1 is 1.21 bits per heavy atom. The summed E-state index contributed by atoms with van der Waals surface area (Å²) < 4.78 is 11.7. The summed E-state index contributed by atoms with van der Waals surface area (Å²) in [6, 6.07) is 6.91. The number of oxazole rings is 1. The summed E-state index contributed by atoms with van der Waals surface area (Å²) in [7, 11) is 0. The quantitative estimate of drug-likeness (QED) is 0.484. The molecule has 152 valence electrons. The highest BCUT2D eigenvalue weighted by Crippen LogP contribution is 2.20. The molecule has 0 aliphatic rings. The van der Waals surface area contributed by atoms with Crippen LogP contribution in [0, 0.1) is 13.8 Å². The lowest BCUT2D eigenvalue weighted by atomic mass is 10.0. The van der Waals surface area contributed by atoms with Crippen LogP contribution in [0.15, 0.2) is 33.5 Å². The molecule has 0 aliphatic carbocycles. The van der Waals surface area contributed by atoms with Gasteiger partial charge in [-0.3, -0.25) is 19.0 Å². The van der Waals surface area contributed by atoms with Crippen molar-refractivity contribution in [3.8, 4) is 0 Å². The fourth-order valence-corrected chi connectivity index (χ4v) is 3.47. The first kappa shape index (κ1) is 20.3. The Balaban J connectivity index is 1.67. The van der Waals surface area contributed by atoms with Crippen LogP contribution in [-0.4, -0.2) is 33.2 Å². The van der Waals surface area contributed by atoms with Gasteiger partial charge in [0.1, 0.15) is 0 Å². The number of benzene rings is 1. The molecule has 0 saturated carbocycles. The van der Waals surface area contributed by atoms with E-state index in [0.717, 1.165) is 0 Å². The summed E-state index contributed by atoms with van der Waals surface area (Å²) in [6.07, 6.45) is -1.13. The first-order valence-corrected chi connectivity index (χ1v) is 9.22. The van der Waals surface area contributed by atoms with Crippen molar-refractivity contribution < 1.29 is 23.5 Å². The van der Waals surface area contributed by atoms with Gasteiger partial charge in [-0.1, -0.05) is 12.1 Å². The third-order valence-electron chi connectivity index (χ3n) is 4.83. The van der Waals surface area contributed by atoms with Gasteiger partial charge in [0.05, 0.1) is 17.6 Å². The molecule has 1 N–H and O–H groups in total. The molecule has 0 aliphatic heterocycles. The maximum absolute atomic E-state index is 12.7. The van der Waals surface area contributed by atoms with Crippen molar-refractivity contribution in [3.05, 3.63) is 57.3 Å². The molecule has 1 atom stereocenters. The Morgan fingerprint density at radius 2 is 1.90 bits per heavy atom. The summed E-state index contributed by atoms with van der Waals surface area (Å²) in [6.45, 7) is 6.37. The van der Waals surface area contributed by atoms with E-state index in [9.17, 15) is 19.2 Å². The molecule has 8 nitrogen and oxygen atoms in total. The van der Waals surface area contributed by atoms with E-state index >= 15 is 0 Å². The number of aromatic nitrogens is 2. The van der Waals surface area contributed by atoms with E-state index in [1.807, 2.05) is 0 Å². The largest absolute Gasteiger partial charge is 0.454 e. The van der Waals surface area contributed by atoms with Gasteiger partial charge >= 0.3 is 11.7 Å². The monoisotopic (exact) mass is 398 g/mol. The number of Topliss-reactive ketones (excluding diaryl/α,β-unsaturated/α-hetero) is 2. The highest BCUT2D eigenvalue weighted by atomic mass is 16.5. The van der Waals surface area contributed by atoms with Gasteiger partial charge in [0.15, 0.2) is 17.5 Å². The van der Waals surface area contributed by atoms with Crippen LogP contribution in [0.2, 0.25) is 0 Å². The Hall–Kier alpha value is -3.42. The van der Waals surface area contributed by atoms with Crippen LogP contribution in [0.3, 0.4) is 0 Å². The number of hydrogen-bond donors (Lipinski definition) is 1. The molecular formula is C21H22N2O6. The molecule has 0 radical (unpaired) electrons. The van der Waals surface area contributed by atoms with Crippen molar-refractivity contribution in [2.75, 3.05) is 0 Å². The number of nitrogens with one attached hydrogen (secondary N) is 1. The molecule has 1 aromatic carbocycles. The standard InChI is InChI=1S/C21H22N2O6/c1-11-18(13(3)24)12(2)22-19(11)20(26)14(4)28-17(25)9-10-23-15-7-5-6-8-16(15)29-21(23)27/h5-8,14,22H,9-10H2,1-4H3/t14-/m1/s1. The number of rotatable bonds is 7. The molecule has 8 heteroatoms. The Bertz CT molecular complexity index is 1160. The average Bonchev–Trinajstić information content (AvgIpc) is 3.14. The van der Waals surface area contributed by atoms with Crippen LogP contribution in [-0.2, 0) is 16.1 Å². The predicted octanol–water partition coefficient (Wildman–Crippen LogP) is 2.95. The molecule has 0 saturated heterocycles. The fourth-order valence-electron chi connectivity index (χ4n) is 3.47. The van der Waals surface area contributed by atoms with E-state index < -0.39 is 23.6 Å². The van der Waals surface area contributed by atoms with Crippen molar-refractivity contribution in [2.45, 2.75) is 46.8 Å². The number of para-hydroxylation sites is 2. The number of esters is 1. The van der Waals surface area contributed by atoms with Gasteiger partial charge in [0.2, 0.25) is 5.78 Å². The number of aromatic amines is 1. The molecule has 3 rings (SSSR count). The molecule has 29 heavy (non-hydrogen) atoms. The number of carbonyl (C=O) groups is 3. The van der Waals surface area contributed by atoms with Crippen molar-refractivity contribution in [1.82, 2.24) is 9.55 Å². The number of fused-ring (bicyclic) bond motifs is 1. The summed E-state index contributed by atoms with van der Waals surface area (Å²) in [5, 5.41) is 0. The summed E-state index contributed by atoms with van der Waals surface area (Å²) in [5.41, 5.74) is 2.89. The maximum atomic E-state index is 12.7. The number of carbonyl (C=O) groups excluding carboxylic acids is 3.